The zero-order valence-electron chi connectivity index (χ0n) is 13.0. The molecule has 0 bridgehead atoms. The average Bonchev–Trinajstić information content (AvgIpc) is 2.53. The van der Waals surface area contributed by atoms with E-state index in [1.54, 1.807) is 0 Å². The summed E-state index contributed by atoms with van der Waals surface area (Å²) in [6.45, 7) is 5.01. The van der Waals surface area contributed by atoms with Crippen LogP contribution in [0.25, 0.3) is 0 Å². The minimum Gasteiger partial charge on any atom is -0.491 e. The van der Waals surface area contributed by atoms with E-state index in [1.165, 1.54) is 0 Å². The molecule has 4 nitrogen and oxygen atoms in total. The van der Waals surface area contributed by atoms with Crippen LogP contribution in [-0.4, -0.2) is 19.1 Å². The Hall–Kier alpha value is -2.49. The first-order chi connectivity index (χ1) is 10.6. The van der Waals surface area contributed by atoms with E-state index in [9.17, 15) is 4.79 Å². The van der Waals surface area contributed by atoms with Crippen molar-refractivity contribution in [2.24, 2.45) is 5.92 Å². The lowest BCUT2D eigenvalue weighted by Gasteiger charge is -2.14. The number of nitrogens with one attached hydrogen (secondary N) is 2. The van der Waals surface area contributed by atoms with Gasteiger partial charge < -0.3 is 15.4 Å². The maximum Gasteiger partial charge on any atom is 0.243 e. The van der Waals surface area contributed by atoms with Crippen molar-refractivity contribution in [1.82, 2.24) is 0 Å². The molecule has 2 rings (SSSR count). The highest BCUT2D eigenvalue weighted by Gasteiger charge is 2.08. The molecule has 2 aromatic rings. The predicted molar refractivity (Wildman–Crippen MR) is 90.3 cm³/mol. The molecule has 0 radical (unpaired) electrons. The van der Waals surface area contributed by atoms with Gasteiger partial charge in [-0.15, -0.1) is 0 Å². The monoisotopic (exact) mass is 298 g/mol. The van der Waals surface area contributed by atoms with Crippen LogP contribution >= 0.6 is 0 Å². The maximum absolute atomic E-state index is 12.0. The summed E-state index contributed by atoms with van der Waals surface area (Å²) in [6, 6.07) is 17.1. The molecule has 1 amide bonds. The van der Waals surface area contributed by atoms with E-state index >= 15 is 0 Å². The molecule has 0 saturated carbocycles. The van der Waals surface area contributed by atoms with Crippen LogP contribution in [0.15, 0.2) is 54.6 Å². The molecule has 4 heteroatoms. The van der Waals surface area contributed by atoms with Crippen molar-refractivity contribution in [3.8, 4) is 5.75 Å². The van der Waals surface area contributed by atoms with E-state index in [2.05, 4.69) is 24.5 Å². The van der Waals surface area contributed by atoms with Gasteiger partial charge in [0.2, 0.25) is 5.91 Å². The predicted octanol–water partition coefficient (Wildman–Crippen LogP) is 3.77. The highest BCUT2D eigenvalue weighted by atomic mass is 16.5. The number of hydrogen-bond acceptors (Lipinski definition) is 3. The standard InChI is InChI=1S/C18H22N2O2/c1-14(2)13-22-17-11-7-6-10-16(17)20-18(21)12-19-15-8-4-3-5-9-15/h3-11,14,19H,12-13H2,1-2H3,(H,20,21). The van der Waals surface area contributed by atoms with Crippen molar-refractivity contribution in [3.63, 3.8) is 0 Å². The van der Waals surface area contributed by atoms with Gasteiger partial charge in [0.15, 0.2) is 0 Å². The number of rotatable bonds is 7. The van der Waals surface area contributed by atoms with Crippen molar-refractivity contribution in [1.29, 1.82) is 0 Å². The summed E-state index contributed by atoms with van der Waals surface area (Å²) in [7, 11) is 0. The molecular weight excluding hydrogens is 276 g/mol. The summed E-state index contributed by atoms with van der Waals surface area (Å²) in [5.41, 5.74) is 1.62. The molecule has 0 heterocycles. The Bertz CT molecular complexity index is 597. The van der Waals surface area contributed by atoms with Crippen molar-refractivity contribution in [2.75, 3.05) is 23.8 Å². The molecule has 0 atom stereocenters. The molecular formula is C18H22N2O2. The Kier molecular flexibility index (Phi) is 5.83. The van der Waals surface area contributed by atoms with Gasteiger partial charge in [0, 0.05) is 5.69 Å². The van der Waals surface area contributed by atoms with Crippen LogP contribution in [0.4, 0.5) is 11.4 Å². The number of para-hydroxylation sites is 3. The Balaban J connectivity index is 1.91. The van der Waals surface area contributed by atoms with E-state index in [1.807, 2.05) is 54.6 Å². The smallest absolute Gasteiger partial charge is 0.243 e. The lowest BCUT2D eigenvalue weighted by Crippen LogP contribution is -2.22. The van der Waals surface area contributed by atoms with Gasteiger partial charge >= 0.3 is 0 Å². The number of amides is 1. The second-order valence-electron chi connectivity index (χ2n) is 5.47. The zero-order valence-corrected chi connectivity index (χ0v) is 13.0. The molecule has 0 aliphatic rings. The van der Waals surface area contributed by atoms with Crippen LogP contribution in [0, 0.1) is 5.92 Å². The van der Waals surface area contributed by atoms with Gasteiger partial charge in [0.25, 0.3) is 0 Å². The Morgan fingerprint density at radius 3 is 2.45 bits per heavy atom. The summed E-state index contributed by atoms with van der Waals surface area (Å²) in [4.78, 5) is 12.0. The summed E-state index contributed by atoms with van der Waals surface area (Å²) >= 11 is 0. The number of anilines is 2. The van der Waals surface area contributed by atoms with Gasteiger partial charge in [-0.2, -0.15) is 0 Å². The van der Waals surface area contributed by atoms with Crippen LogP contribution in [0.2, 0.25) is 0 Å². The van der Waals surface area contributed by atoms with Gasteiger partial charge in [0.05, 0.1) is 18.8 Å². The fourth-order valence-corrected chi connectivity index (χ4v) is 1.88. The third kappa shape index (κ3) is 5.13. The Morgan fingerprint density at radius 2 is 1.73 bits per heavy atom. The van der Waals surface area contributed by atoms with Gasteiger partial charge in [-0.1, -0.05) is 44.2 Å². The summed E-state index contributed by atoms with van der Waals surface area (Å²) in [5.74, 6) is 1.03. The molecule has 116 valence electrons. The molecule has 0 aromatic heterocycles. The molecule has 2 N–H and O–H groups in total. The number of carbonyl (C=O) groups is 1. The summed E-state index contributed by atoms with van der Waals surface area (Å²) < 4.78 is 5.73. The maximum atomic E-state index is 12.0. The SMILES string of the molecule is CC(C)COc1ccccc1NC(=O)CNc1ccccc1. The molecule has 0 unspecified atom stereocenters. The van der Waals surface area contributed by atoms with Gasteiger partial charge in [-0.25, -0.2) is 0 Å². The highest BCUT2D eigenvalue weighted by Crippen LogP contribution is 2.24. The van der Waals surface area contributed by atoms with E-state index in [-0.39, 0.29) is 12.5 Å². The largest absolute Gasteiger partial charge is 0.491 e. The van der Waals surface area contributed by atoms with Crippen LogP contribution in [0.3, 0.4) is 0 Å². The lowest BCUT2D eigenvalue weighted by atomic mass is 10.2. The van der Waals surface area contributed by atoms with E-state index in [0.717, 1.165) is 5.69 Å². The van der Waals surface area contributed by atoms with E-state index in [4.69, 9.17) is 4.74 Å². The molecule has 0 fully saturated rings. The molecule has 0 saturated heterocycles. The second kappa shape index (κ2) is 8.08. The van der Waals surface area contributed by atoms with Crippen molar-refractivity contribution in [2.45, 2.75) is 13.8 Å². The summed E-state index contributed by atoms with van der Waals surface area (Å²) in [6.07, 6.45) is 0. The molecule has 0 aliphatic heterocycles. The van der Waals surface area contributed by atoms with Crippen LogP contribution < -0.4 is 15.4 Å². The Morgan fingerprint density at radius 1 is 1.05 bits per heavy atom. The first kappa shape index (κ1) is 15.9. The van der Waals surface area contributed by atoms with Crippen LogP contribution in [0.1, 0.15) is 13.8 Å². The normalized spacial score (nSPS) is 10.3. The minimum absolute atomic E-state index is 0.107. The lowest BCUT2D eigenvalue weighted by molar-refractivity contribution is -0.114. The topological polar surface area (TPSA) is 50.4 Å². The fraction of sp³-hybridized carbons (Fsp3) is 0.278. The minimum atomic E-state index is -0.107. The summed E-state index contributed by atoms with van der Waals surface area (Å²) in [5, 5.41) is 5.96. The number of carbonyl (C=O) groups excluding carboxylic acids is 1. The van der Waals surface area contributed by atoms with Gasteiger partial charge in [0.1, 0.15) is 5.75 Å². The molecule has 0 aliphatic carbocycles. The number of hydrogen-bond donors (Lipinski definition) is 2. The first-order valence-corrected chi connectivity index (χ1v) is 7.46. The van der Waals surface area contributed by atoms with Gasteiger partial charge in [-0.05, 0) is 30.2 Å². The molecule has 0 spiro atoms. The highest BCUT2D eigenvalue weighted by molar-refractivity contribution is 5.95. The van der Waals surface area contributed by atoms with Crippen molar-refractivity contribution >= 4 is 17.3 Å². The third-order valence-electron chi connectivity index (χ3n) is 2.96. The number of ether oxygens (including phenoxy) is 1. The van der Waals surface area contributed by atoms with Crippen molar-refractivity contribution < 1.29 is 9.53 Å². The van der Waals surface area contributed by atoms with Crippen LogP contribution in [0.5, 0.6) is 5.75 Å². The zero-order chi connectivity index (χ0) is 15.8. The first-order valence-electron chi connectivity index (χ1n) is 7.46. The number of benzene rings is 2. The van der Waals surface area contributed by atoms with Gasteiger partial charge in [-0.3, -0.25) is 4.79 Å². The van der Waals surface area contributed by atoms with Crippen molar-refractivity contribution in [3.05, 3.63) is 54.6 Å². The Labute approximate surface area is 131 Å². The quantitative estimate of drug-likeness (QED) is 0.818. The molecule has 22 heavy (non-hydrogen) atoms. The third-order valence-corrected chi connectivity index (χ3v) is 2.96. The fourth-order valence-electron chi connectivity index (χ4n) is 1.88. The molecule has 2 aromatic carbocycles. The van der Waals surface area contributed by atoms with E-state index in [0.29, 0.717) is 24.0 Å². The second-order valence-corrected chi connectivity index (χ2v) is 5.47. The van der Waals surface area contributed by atoms with E-state index < -0.39 is 0 Å². The average molecular weight is 298 g/mol. The van der Waals surface area contributed by atoms with Crippen LogP contribution in [-0.2, 0) is 4.79 Å².